The molecular weight excluding hydrogens is 512 g/mol. The Morgan fingerprint density at radius 3 is 2.51 bits per heavy atom. The Balaban J connectivity index is 1.34. The molecule has 41 heavy (non-hydrogen) atoms. The summed E-state index contributed by atoms with van der Waals surface area (Å²) in [5, 5.41) is 14.0. The number of nitrogens with one attached hydrogen (secondary N) is 1. The zero-order chi connectivity index (χ0) is 28.6. The smallest absolute Gasteiger partial charge is 0.272 e. The van der Waals surface area contributed by atoms with Gasteiger partial charge in [0.05, 0.1) is 41.7 Å². The molecule has 7 heteroatoms. The first-order chi connectivity index (χ1) is 20.1. The van der Waals surface area contributed by atoms with Crippen molar-refractivity contribution in [3.8, 4) is 28.8 Å². The lowest BCUT2D eigenvalue weighted by Gasteiger charge is -2.11. The van der Waals surface area contributed by atoms with Crippen LogP contribution in [0.4, 0.5) is 0 Å². The normalized spacial score (nSPS) is 10.9. The molecule has 5 rings (SSSR count). The number of hydrogen-bond donors (Lipinski definition) is 1. The fraction of sp³-hybridized carbons (Fsp3) is 0.118. The number of aryl methyl sites for hydroxylation is 1. The van der Waals surface area contributed by atoms with Crippen molar-refractivity contribution in [1.82, 2.24) is 10.4 Å². The van der Waals surface area contributed by atoms with Gasteiger partial charge in [-0.3, -0.25) is 4.79 Å². The van der Waals surface area contributed by atoms with Crippen LogP contribution >= 0.6 is 0 Å². The van der Waals surface area contributed by atoms with E-state index in [9.17, 15) is 4.79 Å². The lowest BCUT2D eigenvalue weighted by Crippen LogP contribution is -2.18. The van der Waals surface area contributed by atoms with E-state index in [1.54, 1.807) is 43.7 Å². The lowest BCUT2D eigenvalue weighted by molar-refractivity contribution is 0.0956. The van der Waals surface area contributed by atoms with Gasteiger partial charge >= 0.3 is 0 Å². The first-order valence-electron chi connectivity index (χ1n) is 13.2. The van der Waals surface area contributed by atoms with Gasteiger partial charge in [-0.05, 0) is 72.1 Å². The third-order valence-electron chi connectivity index (χ3n) is 6.68. The third kappa shape index (κ3) is 6.40. The summed E-state index contributed by atoms with van der Waals surface area (Å²) in [7, 11) is 1.60. The first-order valence-corrected chi connectivity index (χ1v) is 13.2. The molecule has 0 aliphatic carbocycles. The van der Waals surface area contributed by atoms with Crippen molar-refractivity contribution in [2.24, 2.45) is 5.10 Å². The van der Waals surface area contributed by atoms with Gasteiger partial charge in [-0.25, -0.2) is 10.4 Å². The van der Waals surface area contributed by atoms with Gasteiger partial charge in [0, 0.05) is 16.5 Å². The molecule has 7 nitrogen and oxygen atoms in total. The quantitative estimate of drug-likeness (QED) is 0.166. The number of hydrogen-bond acceptors (Lipinski definition) is 6. The van der Waals surface area contributed by atoms with Gasteiger partial charge in [0.25, 0.3) is 5.91 Å². The average molecular weight is 541 g/mol. The maximum Gasteiger partial charge on any atom is 0.272 e. The van der Waals surface area contributed by atoms with Gasteiger partial charge in [0.2, 0.25) is 0 Å². The van der Waals surface area contributed by atoms with E-state index in [4.69, 9.17) is 19.7 Å². The SMILES string of the molecule is CCc1ccc(-c2cc(C(=O)N/N=C/c3ccc(OC)c(COc4ccc(C#N)cc4)c3)c3ccccc3n2)cc1. The Morgan fingerprint density at radius 1 is 1.00 bits per heavy atom. The van der Waals surface area contributed by atoms with Crippen LogP contribution in [-0.2, 0) is 13.0 Å². The summed E-state index contributed by atoms with van der Waals surface area (Å²) in [4.78, 5) is 18.1. The maximum atomic E-state index is 13.3. The highest BCUT2D eigenvalue weighted by Gasteiger charge is 2.14. The van der Waals surface area contributed by atoms with Gasteiger partial charge in [-0.15, -0.1) is 0 Å². The standard InChI is InChI=1S/C34H28N4O3/c1-3-23-8-13-26(14-9-23)32-19-30(29-6-4-5-7-31(29)37-32)34(39)38-36-21-25-12-17-33(40-2)27(18-25)22-41-28-15-10-24(20-35)11-16-28/h4-19,21H,3,22H2,1-2H3,(H,38,39)/b36-21+. The van der Waals surface area contributed by atoms with Crippen molar-refractivity contribution < 1.29 is 14.3 Å². The minimum Gasteiger partial charge on any atom is -0.496 e. The molecule has 0 radical (unpaired) electrons. The molecule has 1 heterocycles. The summed E-state index contributed by atoms with van der Waals surface area (Å²) in [6.45, 7) is 2.37. The highest BCUT2D eigenvalue weighted by atomic mass is 16.5. The average Bonchev–Trinajstić information content (AvgIpc) is 3.03. The Morgan fingerprint density at radius 2 is 1.78 bits per heavy atom. The molecule has 0 spiro atoms. The number of hydrazone groups is 1. The minimum atomic E-state index is -0.329. The van der Waals surface area contributed by atoms with Gasteiger partial charge in [0.1, 0.15) is 18.1 Å². The fourth-order valence-corrected chi connectivity index (χ4v) is 4.43. The largest absolute Gasteiger partial charge is 0.496 e. The van der Waals surface area contributed by atoms with E-state index in [1.807, 2.05) is 54.6 Å². The molecule has 0 aliphatic rings. The monoisotopic (exact) mass is 540 g/mol. The molecule has 0 aliphatic heterocycles. The molecule has 202 valence electrons. The van der Waals surface area contributed by atoms with E-state index >= 15 is 0 Å². The topological polar surface area (TPSA) is 96.6 Å². The second kappa shape index (κ2) is 12.6. The number of rotatable bonds is 9. The van der Waals surface area contributed by atoms with Crippen LogP contribution in [0.2, 0.25) is 0 Å². The number of para-hydroxylation sites is 1. The predicted octanol–water partition coefficient (Wildman–Crippen LogP) is 6.69. The van der Waals surface area contributed by atoms with Gasteiger partial charge in [-0.1, -0.05) is 49.4 Å². The number of pyridine rings is 1. The van der Waals surface area contributed by atoms with Crippen molar-refractivity contribution in [3.63, 3.8) is 0 Å². The number of fused-ring (bicyclic) bond motifs is 1. The minimum absolute atomic E-state index is 0.258. The summed E-state index contributed by atoms with van der Waals surface area (Å²) in [5.41, 5.74) is 8.95. The Kier molecular flexibility index (Phi) is 8.32. The summed E-state index contributed by atoms with van der Waals surface area (Å²) in [6.07, 6.45) is 2.53. The van der Waals surface area contributed by atoms with Crippen molar-refractivity contribution in [1.29, 1.82) is 5.26 Å². The van der Waals surface area contributed by atoms with Crippen LogP contribution in [0.3, 0.4) is 0 Å². The van der Waals surface area contributed by atoms with Crippen LogP contribution in [0.1, 0.15) is 39.5 Å². The van der Waals surface area contributed by atoms with Crippen molar-refractivity contribution in [2.45, 2.75) is 20.0 Å². The van der Waals surface area contributed by atoms with E-state index in [1.165, 1.54) is 5.56 Å². The first kappa shape index (κ1) is 27.1. The predicted molar refractivity (Wildman–Crippen MR) is 160 cm³/mol. The van der Waals surface area contributed by atoms with Gasteiger partial charge < -0.3 is 9.47 Å². The van der Waals surface area contributed by atoms with E-state index in [2.05, 4.69) is 35.7 Å². The van der Waals surface area contributed by atoms with Gasteiger partial charge in [0.15, 0.2) is 0 Å². The number of nitriles is 1. The number of methoxy groups -OCH3 is 1. The summed E-state index contributed by atoms with van der Waals surface area (Å²) in [6, 6.07) is 32.2. The molecule has 0 atom stereocenters. The number of ether oxygens (including phenoxy) is 2. The lowest BCUT2D eigenvalue weighted by atomic mass is 10.0. The van der Waals surface area contributed by atoms with E-state index in [0.29, 0.717) is 22.6 Å². The van der Waals surface area contributed by atoms with Crippen LogP contribution < -0.4 is 14.9 Å². The number of nitrogens with zero attached hydrogens (tertiary/aromatic N) is 3. The molecular formula is C34H28N4O3. The molecule has 0 bridgehead atoms. The van der Waals surface area contributed by atoms with E-state index in [-0.39, 0.29) is 12.5 Å². The highest BCUT2D eigenvalue weighted by molar-refractivity contribution is 6.07. The van der Waals surface area contributed by atoms with Crippen molar-refractivity contribution >= 4 is 23.0 Å². The van der Waals surface area contributed by atoms with Crippen molar-refractivity contribution in [2.75, 3.05) is 7.11 Å². The van der Waals surface area contributed by atoms with Crippen LogP contribution in [0.25, 0.3) is 22.2 Å². The van der Waals surface area contributed by atoms with Crippen molar-refractivity contribution in [3.05, 3.63) is 125 Å². The molecule has 1 amide bonds. The van der Waals surface area contributed by atoms with E-state index < -0.39 is 0 Å². The maximum absolute atomic E-state index is 13.3. The second-order valence-corrected chi connectivity index (χ2v) is 9.32. The Hall–Kier alpha value is -5.48. The van der Waals surface area contributed by atoms with Crippen LogP contribution in [0.15, 0.2) is 102 Å². The molecule has 5 aromatic rings. The van der Waals surface area contributed by atoms with Crippen LogP contribution in [0, 0.1) is 11.3 Å². The summed E-state index contributed by atoms with van der Waals surface area (Å²) < 4.78 is 11.4. The zero-order valence-electron chi connectivity index (χ0n) is 22.8. The molecule has 4 aromatic carbocycles. The van der Waals surface area contributed by atoms with E-state index in [0.717, 1.165) is 39.7 Å². The molecule has 0 saturated carbocycles. The molecule has 0 fully saturated rings. The number of carbonyl (C=O) groups is 1. The molecule has 0 saturated heterocycles. The van der Waals surface area contributed by atoms with Crippen LogP contribution in [0.5, 0.6) is 11.5 Å². The van der Waals surface area contributed by atoms with Gasteiger partial charge in [-0.2, -0.15) is 10.4 Å². The fourth-order valence-electron chi connectivity index (χ4n) is 4.43. The second-order valence-electron chi connectivity index (χ2n) is 9.32. The molecule has 0 unspecified atom stereocenters. The number of benzene rings is 4. The molecule has 1 aromatic heterocycles. The molecule has 1 N–H and O–H groups in total. The Labute approximate surface area is 238 Å². The summed E-state index contributed by atoms with van der Waals surface area (Å²) >= 11 is 0. The van der Waals surface area contributed by atoms with Crippen LogP contribution in [-0.4, -0.2) is 24.2 Å². The highest BCUT2D eigenvalue weighted by Crippen LogP contribution is 2.26. The third-order valence-corrected chi connectivity index (χ3v) is 6.68. The Bertz CT molecular complexity index is 1750. The number of carbonyl (C=O) groups excluding carboxylic acids is 1. The number of amides is 1. The summed E-state index contributed by atoms with van der Waals surface area (Å²) in [5.74, 6) is 0.981. The zero-order valence-corrected chi connectivity index (χ0v) is 22.8. The number of aromatic nitrogens is 1.